The fraction of sp³-hybridized carbons (Fsp3) is 0.190. The predicted molar refractivity (Wildman–Crippen MR) is 107 cm³/mol. The molecule has 7 heteroatoms. The Labute approximate surface area is 167 Å². The lowest BCUT2D eigenvalue weighted by Crippen LogP contribution is -2.34. The average Bonchev–Trinajstić information content (AvgIpc) is 3.12. The number of aryl methyl sites for hydroxylation is 2. The fourth-order valence-corrected chi connectivity index (χ4v) is 3.37. The number of anilines is 2. The number of rotatable bonds is 4. The lowest BCUT2D eigenvalue weighted by atomic mass is 9.99. The molecule has 6 nitrogen and oxygen atoms in total. The molecule has 2 heterocycles. The van der Waals surface area contributed by atoms with Crippen LogP contribution >= 0.6 is 11.6 Å². The van der Waals surface area contributed by atoms with Crippen LogP contribution in [0.15, 0.2) is 53.1 Å². The van der Waals surface area contributed by atoms with Gasteiger partial charge in [-0.25, -0.2) is 0 Å². The maximum Gasteiger partial charge on any atom is 0.294 e. The van der Waals surface area contributed by atoms with Crippen molar-refractivity contribution in [1.29, 1.82) is 0 Å². The molecule has 2 amide bonds. The summed E-state index contributed by atoms with van der Waals surface area (Å²) in [7, 11) is 0. The third-order valence-electron chi connectivity index (χ3n) is 4.64. The summed E-state index contributed by atoms with van der Waals surface area (Å²) in [5.41, 5.74) is 4.18. The van der Waals surface area contributed by atoms with Gasteiger partial charge >= 0.3 is 0 Å². The Hall–Kier alpha value is -3.12. The van der Waals surface area contributed by atoms with Crippen LogP contribution in [0.1, 0.15) is 33.8 Å². The van der Waals surface area contributed by atoms with Gasteiger partial charge in [0.05, 0.1) is 12.2 Å². The van der Waals surface area contributed by atoms with Crippen molar-refractivity contribution in [2.75, 3.05) is 10.2 Å². The van der Waals surface area contributed by atoms with Gasteiger partial charge in [-0.2, -0.15) is 0 Å². The molecule has 1 aromatic heterocycles. The maximum absolute atomic E-state index is 12.5. The van der Waals surface area contributed by atoms with Crippen LogP contribution in [0.25, 0.3) is 0 Å². The summed E-state index contributed by atoms with van der Waals surface area (Å²) in [6.07, 6.45) is 1.07. The Morgan fingerprint density at radius 2 is 1.96 bits per heavy atom. The molecule has 4 rings (SSSR count). The Kier molecular flexibility index (Phi) is 4.88. The predicted octanol–water partition coefficient (Wildman–Crippen LogP) is 4.37. The van der Waals surface area contributed by atoms with Gasteiger partial charge in [0.25, 0.3) is 5.91 Å². The van der Waals surface area contributed by atoms with E-state index in [1.165, 1.54) is 0 Å². The van der Waals surface area contributed by atoms with Crippen LogP contribution in [0, 0.1) is 6.92 Å². The van der Waals surface area contributed by atoms with Gasteiger partial charge in [0, 0.05) is 28.9 Å². The van der Waals surface area contributed by atoms with Gasteiger partial charge < -0.3 is 14.7 Å². The van der Waals surface area contributed by atoms with E-state index < -0.39 is 0 Å². The van der Waals surface area contributed by atoms with Crippen molar-refractivity contribution in [1.82, 2.24) is 5.16 Å². The highest BCUT2D eigenvalue weighted by Gasteiger charge is 2.25. The summed E-state index contributed by atoms with van der Waals surface area (Å²) < 4.78 is 4.99. The van der Waals surface area contributed by atoms with Gasteiger partial charge in [-0.15, -0.1) is 0 Å². The van der Waals surface area contributed by atoms with Crippen LogP contribution in [-0.2, 0) is 17.8 Å². The van der Waals surface area contributed by atoms with Crippen LogP contribution in [0.4, 0.5) is 11.4 Å². The first-order valence-corrected chi connectivity index (χ1v) is 9.30. The zero-order chi connectivity index (χ0) is 19.7. The number of nitrogens with zero attached hydrogens (tertiary/aromatic N) is 2. The SMILES string of the molecule is Cc1cc(C(=O)Nc2ccc3c(c2)CCC(=O)N3Cc2ccc(Cl)cc2)on1. The number of fused-ring (bicyclic) bond motifs is 1. The minimum atomic E-state index is -0.356. The van der Waals surface area contributed by atoms with Crippen molar-refractivity contribution in [3.05, 3.63) is 76.1 Å². The molecule has 0 radical (unpaired) electrons. The molecular formula is C21H18ClN3O3. The Bertz CT molecular complexity index is 1040. The quantitative estimate of drug-likeness (QED) is 0.711. The summed E-state index contributed by atoms with van der Waals surface area (Å²) in [4.78, 5) is 26.5. The summed E-state index contributed by atoms with van der Waals surface area (Å²) in [5.74, 6) is -0.114. The van der Waals surface area contributed by atoms with E-state index in [1.54, 1.807) is 24.0 Å². The van der Waals surface area contributed by atoms with E-state index in [1.807, 2.05) is 36.4 Å². The van der Waals surface area contributed by atoms with Crippen molar-refractivity contribution in [3.8, 4) is 0 Å². The van der Waals surface area contributed by atoms with Gasteiger partial charge in [-0.1, -0.05) is 28.9 Å². The van der Waals surface area contributed by atoms with Crippen molar-refractivity contribution in [2.24, 2.45) is 0 Å². The second-order valence-electron chi connectivity index (χ2n) is 6.74. The molecule has 1 aliphatic rings. The van der Waals surface area contributed by atoms with Crippen molar-refractivity contribution in [3.63, 3.8) is 0 Å². The van der Waals surface area contributed by atoms with Crippen LogP contribution in [0.3, 0.4) is 0 Å². The third-order valence-corrected chi connectivity index (χ3v) is 4.90. The monoisotopic (exact) mass is 395 g/mol. The van der Waals surface area contributed by atoms with E-state index in [0.29, 0.717) is 35.8 Å². The lowest BCUT2D eigenvalue weighted by molar-refractivity contribution is -0.119. The number of benzene rings is 2. The van der Waals surface area contributed by atoms with E-state index in [0.717, 1.165) is 16.8 Å². The molecule has 0 aliphatic carbocycles. The summed E-state index contributed by atoms with van der Waals surface area (Å²) in [6.45, 7) is 2.23. The van der Waals surface area contributed by atoms with Crippen LogP contribution in [0.5, 0.6) is 0 Å². The normalized spacial score (nSPS) is 13.4. The van der Waals surface area contributed by atoms with E-state index >= 15 is 0 Å². The number of halogens is 1. The highest BCUT2D eigenvalue weighted by atomic mass is 35.5. The van der Waals surface area contributed by atoms with Crippen molar-refractivity contribution >= 4 is 34.8 Å². The molecule has 2 aromatic carbocycles. The van der Waals surface area contributed by atoms with Gasteiger partial charge in [-0.3, -0.25) is 9.59 Å². The van der Waals surface area contributed by atoms with Gasteiger partial charge in [0.2, 0.25) is 11.7 Å². The van der Waals surface area contributed by atoms with Crippen molar-refractivity contribution < 1.29 is 14.1 Å². The third kappa shape index (κ3) is 3.77. The fourth-order valence-electron chi connectivity index (χ4n) is 3.25. The standard InChI is InChI=1S/C21H18ClN3O3/c1-13-10-19(28-24-13)21(27)23-17-7-8-18-15(11-17)4-9-20(26)25(18)12-14-2-5-16(22)6-3-14/h2-3,5-8,10-11H,4,9,12H2,1H3,(H,23,27). The van der Waals surface area contributed by atoms with Crippen LogP contribution in [0.2, 0.25) is 5.02 Å². The van der Waals surface area contributed by atoms with E-state index in [-0.39, 0.29) is 17.6 Å². The second kappa shape index (κ2) is 7.48. The minimum absolute atomic E-state index is 0.0800. The maximum atomic E-state index is 12.5. The number of carbonyl (C=O) groups excluding carboxylic acids is 2. The molecule has 0 unspecified atom stereocenters. The molecule has 28 heavy (non-hydrogen) atoms. The zero-order valence-electron chi connectivity index (χ0n) is 15.2. The van der Waals surface area contributed by atoms with Crippen molar-refractivity contribution in [2.45, 2.75) is 26.3 Å². The number of aromatic nitrogens is 1. The molecule has 0 atom stereocenters. The van der Waals surface area contributed by atoms with Crippen LogP contribution in [-0.4, -0.2) is 17.0 Å². The number of nitrogens with one attached hydrogen (secondary N) is 1. The second-order valence-corrected chi connectivity index (χ2v) is 7.17. The topological polar surface area (TPSA) is 75.4 Å². The summed E-state index contributed by atoms with van der Waals surface area (Å²) in [5, 5.41) is 7.20. The van der Waals surface area contributed by atoms with Gasteiger partial charge in [-0.05, 0) is 54.8 Å². The first kappa shape index (κ1) is 18.3. The molecule has 1 aliphatic heterocycles. The number of amides is 2. The van der Waals surface area contributed by atoms with Gasteiger partial charge in [0.1, 0.15) is 0 Å². The molecule has 0 bridgehead atoms. The number of hydrogen-bond donors (Lipinski definition) is 1. The molecule has 0 saturated heterocycles. The smallest absolute Gasteiger partial charge is 0.294 e. The largest absolute Gasteiger partial charge is 0.351 e. The number of hydrogen-bond acceptors (Lipinski definition) is 4. The highest BCUT2D eigenvalue weighted by Crippen LogP contribution is 2.32. The lowest BCUT2D eigenvalue weighted by Gasteiger charge is -2.30. The molecular weight excluding hydrogens is 378 g/mol. The summed E-state index contributed by atoms with van der Waals surface area (Å²) in [6, 6.07) is 14.6. The Morgan fingerprint density at radius 3 is 2.68 bits per heavy atom. The van der Waals surface area contributed by atoms with E-state index in [2.05, 4.69) is 10.5 Å². The molecule has 0 spiro atoms. The Morgan fingerprint density at radius 1 is 1.18 bits per heavy atom. The zero-order valence-corrected chi connectivity index (χ0v) is 16.0. The Balaban J connectivity index is 1.55. The van der Waals surface area contributed by atoms with Crippen LogP contribution < -0.4 is 10.2 Å². The molecule has 142 valence electrons. The number of carbonyl (C=O) groups is 2. The van der Waals surface area contributed by atoms with E-state index in [4.69, 9.17) is 16.1 Å². The first-order chi connectivity index (χ1) is 13.5. The molecule has 3 aromatic rings. The van der Waals surface area contributed by atoms with E-state index in [9.17, 15) is 9.59 Å². The van der Waals surface area contributed by atoms with Gasteiger partial charge in [0.15, 0.2) is 0 Å². The average molecular weight is 396 g/mol. The molecule has 1 N–H and O–H groups in total. The molecule has 0 saturated carbocycles. The minimum Gasteiger partial charge on any atom is -0.351 e. The molecule has 0 fully saturated rings. The summed E-state index contributed by atoms with van der Waals surface area (Å²) >= 11 is 5.94. The highest BCUT2D eigenvalue weighted by molar-refractivity contribution is 6.30. The first-order valence-electron chi connectivity index (χ1n) is 8.92.